The molecule has 10 heteroatoms. The van der Waals surface area contributed by atoms with Crippen LogP contribution in [0.15, 0.2) is 60.4 Å². The molecule has 1 N–H and O–H groups in total. The number of carbonyl (C=O) groups excluding carboxylic acids is 1. The van der Waals surface area contributed by atoms with Crippen LogP contribution >= 0.6 is 0 Å². The number of ether oxygens (including phenoxy) is 6. The number of amides is 1. The molecular formula is C46H60N2O8. The number of methoxy groups -OCH3 is 4. The highest BCUT2D eigenvalue weighted by molar-refractivity contribution is 5.92. The molecule has 7 rings (SSSR count). The van der Waals surface area contributed by atoms with Crippen LogP contribution in [0.3, 0.4) is 0 Å². The molecule has 4 aliphatic rings. The van der Waals surface area contributed by atoms with Gasteiger partial charge in [0.15, 0.2) is 28.8 Å². The number of rotatable bonds is 13. The standard InChI is InChI=1S/C46H60N2O8/c1-8-31-25-47-15-13-32-19-40(51-4)42(53-6)23-36(32)38(47)17-35(31)18-39-37-24-43(54-7)41(52-5)20-33(37)14-16-48(39)46(50)44-21-34(28(2)3)22-45(56-44)55-27-30-11-9-29(26-49)10-12-30/h9-12,19-21,23-24,28,31,34-35,38-39,45,49H,8,13-18,22,25-27H2,1-7H3/t31-,34-,35+,38-,39+,45+/m0/s1. The number of hydrogen-bond acceptors (Lipinski definition) is 9. The van der Waals surface area contributed by atoms with E-state index in [0.29, 0.717) is 61.0 Å². The fourth-order valence-electron chi connectivity index (χ4n) is 9.54. The second kappa shape index (κ2) is 17.5. The molecule has 0 radical (unpaired) electrons. The maximum atomic E-state index is 15.0. The summed E-state index contributed by atoms with van der Waals surface area (Å²) in [6, 6.07) is 16.4. The average molecular weight is 769 g/mol. The highest BCUT2D eigenvalue weighted by atomic mass is 16.7. The Morgan fingerprint density at radius 3 is 2.05 bits per heavy atom. The molecule has 4 heterocycles. The van der Waals surface area contributed by atoms with E-state index in [1.807, 2.05) is 30.3 Å². The molecule has 4 aliphatic heterocycles. The molecule has 56 heavy (non-hydrogen) atoms. The van der Waals surface area contributed by atoms with E-state index in [1.54, 1.807) is 28.4 Å². The average Bonchev–Trinajstić information content (AvgIpc) is 3.24. The Hall–Kier alpha value is -4.25. The first-order chi connectivity index (χ1) is 27.2. The van der Waals surface area contributed by atoms with Gasteiger partial charge in [-0.1, -0.05) is 51.5 Å². The van der Waals surface area contributed by atoms with Crippen molar-refractivity contribution in [3.8, 4) is 23.0 Å². The van der Waals surface area contributed by atoms with E-state index >= 15 is 0 Å². The zero-order valence-corrected chi connectivity index (χ0v) is 34.2. The molecule has 0 saturated carbocycles. The monoisotopic (exact) mass is 768 g/mol. The van der Waals surface area contributed by atoms with Crippen LogP contribution in [0, 0.1) is 23.7 Å². The third-order valence-electron chi connectivity index (χ3n) is 12.9. The van der Waals surface area contributed by atoms with Crippen LogP contribution in [0.1, 0.15) is 91.9 Å². The summed E-state index contributed by atoms with van der Waals surface area (Å²) in [5.41, 5.74) is 6.80. The Balaban J connectivity index is 1.20. The van der Waals surface area contributed by atoms with Crippen molar-refractivity contribution in [2.45, 2.75) is 90.9 Å². The molecule has 1 fully saturated rings. The van der Waals surface area contributed by atoms with Crippen molar-refractivity contribution in [3.05, 3.63) is 93.7 Å². The number of benzene rings is 3. The number of carbonyl (C=O) groups is 1. The first-order valence-corrected chi connectivity index (χ1v) is 20.4. The van der Waals surface area contributed by atoms with Gasteiger partial charge in [0.2, 0.25) is 6.29 Å². The van der Waals surface area contributed by atoms with Gasteiger partial charge in [-0.15, -0.1) is 0 Å². The summed E-state index contributed by atoms with van der Waals surface area (Å²) in [6.45, 7) is 9.64. The van der Waals surface area contributed by atoms with Crippen LogP contribution in [-0.4, -0.2) is 75.2 Å². The molecule has 1 amide bonds. The van der Waals surface area contributed by atoms with Gasteiger partial charge in [-0.05, 0) is 113 Å². The molecule has 0 aliphatic carbocycles. The SMILES string of the molecule is CC[C@H]1CN2CCc3cc(OC)c(OC)cc3[C@@H]2C[C@@H]1C[C@@H]1c2cc(OC)c(OC)cc2CCN1C(=O)C1=C[C@H](C(C)C)C[C@H](OCc2ccc(CO)cc2)O1. The minimum Gasteiger partial charge on any atom is -0.493 e. The summed E-state index contributed by atoms with van der Waals surface area (Å²) < 4.78 is 35.9. The Kier molecular flexibility index (Phi) is 12.5. The van der Waals surface area contributed by atoms with Crippen molar-refractivity contribution in [1.29, 1.82) is 0 Å². The maximum Gasteiger partial charge on any atom is 0.289 e. The van der Waals surface area contributed by atoms with Gasteiger partial charge in [-0.3, -0.25) is 9.69 Å². The van der Waals surface area contributed by atoms with E-state index in [9.17, 15) is 9.90 Å². The molecule has 3 aromatic carbocycles. The normalized spacial score (nSPS) is 24.7. The minimum atomic E-state index is -0.556. The van der Waals surface area contributed by atoms with E-state index in [0.717, 1.165) is 67.0 Å². The fourth-order valence-corrected chi connectivity index (χ4v) is 9.54. The minimum absolute atomic E-state index is 0.000790. The van der Waals surface area contributed by atoms with Crippen LogP contribution in [0.25, 0.3) is 0 Å². The predicted octanol–water partition coefficient (Wildman–Crippen LogP) is 7.79. The molecule has 0 aromatic heterocycles. The second-order valence-electron chi connectivity index (χ2n) is 16.2. The van der Waals surface area contributed by atoms with Crippen LogP contribution < -0.4 is 18.9 Å². The summed E-state index contributed by atoms with van der Waals surface area (Å²) in [4.78, 5) is 19.7. The van der Waals surface area contributed by atoms with Gasteiger partial charge < -0.3 is 38.4 Å². The molecule has 302 valence electrons. The lowest BCUT2D eigenvalue weighted by atomic mass is 9.72. The van der Waals surface area contributed by atoms with E-state index in [-0.39, 0.29) is 30.5 Å². The Morgan fingerprint density at radius 1 is 0.821 bits per heavy atom. The van der Waals surface area contributed by atoms with Gasteiger partial charge in [0.1, 0.15) is 0 Å². The van der Waals surface area contributed by atoms with Gasteiger partial charge in [0.25, 0.3) is 5.91 Å². The summed E-state index contributed by atoms with van der Waals surface area (Å²) in [5, 5.41) is 9.47. The number of aliphatic hydroxyl groups is 1. The summed E-state index contributed by atoms with van der Waals surface area (Å²) in [7, 11) is 6.75. The summed E-state index contributed by atoms with van der Waals surface area (Å²) in [6.07, 6.45) is 6.73. The number of allylic oxidation sites excluding steroid dienone is 1. The maximum absolute atomic E-state index is 15.0. The van der Waals surface area contributed by atoms with Crippen molar-refractivity contribution in [3.63, 3.8) is 0 Å². The molecule has 3 aromatic rings. The molecule has 0 bridgehead atoms. The number of aliphatic hydroxyl groups excluding tert-OH is 1. The second-order valence-corrected chi connectivity index (χ2v) is 16.2. The topological polar surface area (TPSA) is 99.2 Å². The van der Waals surface area contributed by atoms with Crippen molar-refractivity contribution in [2.24, 2.45) is 23.7 Å². The van der Waals surface area contributed by atoms with Crippen molar-refractivity contribution < 1.29 is 38.3 Å². The zero-order valence-electron chi connectivity index (χ0n) is 34.2. The van der Waals surface area contributed by atoms with Crippen LogP contribution in [0.4, 0.5) is 0 Å². The number of piperidine rings is 1. The Bertz CT molecular complexity index is 1880. The smallest absolute Gasteiger partial charge is 0.289 e. The van der Waals surface area contributed by atoms with Crippen LogP contribution in [0.2, 0.25) is 0 Å². The van der Waals surface area contributed by atoms with E-state index in [1.165, 1.54) is 16.7 Å². The predicted molar refractivity (Wildman–Crippen MR) is 215 cm³/mol. The summed E-state index contributed by atoms with van der Waals surface area (Å²) in [5.74, 6) is 4.47. The molecule has 10 nitrogen and oxygen atoms in total. The van der Waals surface area contributed by atoms with Crippen molar-refractivity contribution >= 4 is 5.91 Å². The van der Waals surface area contributed by atoms with Crippen molar-refractivity contribution in [1.82, 2.24) is 9.80 Å². The van der Waals surface area contributed by atoms with Gasteiger partial charge in [0.05, 0.1) is 47.7 Å². The lowest BCUT2D eigenvalue weighted by Crippen LogP contribution is -2.48. The van der Waals surface area contributed by atoms with Gasteiger partial charge in [-0.25, -0.2) is 0 Å². The fraction of sp³-hybridized carbons (Fsp3) is 0.543. The third kappa shape index (κ3) is 8.11. The molecule has 0 unspecified atom stereocenters. The molecule has 6 atom stereocenters. The summed E-state index contributed by atoms with van der Waals surface area (Å²) >= 11 is 0. The zero-order chi connectivity index (χ0) is 39.5. The number of fused-ring (bicyclic) bond motifs is 4. The third-order valence-corrected chi connectivity index (χ3v) is 12.9. The molecule has 0 spiro atoms. The largest absolute Gasteiger partial charge is 0.493 e. The lowest BCUT2D eigenvalue weighted by molar-refractivity contribution is -0.162. The van der Waals surface area contributed by atoms with E-state index in [4.69, 9.17) is 28.4 Å². The number of hydrogen-bond donors (Lipinski definition) is 1. The first-order valence-electron chi connectivity index (χ1n) is 20.4. The van der Waals surface area contributed by atoms with Gasteiger partial charge in [0, 0.05) is 32.1 Å². The number of nitrogens with zero attached hydrogens (tertiary/aromatic N) is 2. The highest BCUT2D eigenvalue weighted by Gasteiger charge is 2.43. The van der Waals surface area contributed by atoms with Gasteiger partial charge >= 0.3 is 0 Å². The van der Waals surface area contributed by atoms with Crippen LogP contribution in [-0.2, 0) is 40.3 Å². The lowest BCUT2D eigenvalue weighted by Gasteiger charge is -2.49. The first kappa shape index (κ1) is 40.0. The van der Waals surface area contributed by atoms with Crippen LogP contribution in [0.5, 0.6) is 23.0 Å². The highest BCUT2D eigenvalue weighted by Crippen LogP contribution is 2.49. The van der Waals surface area contributed by atoms with E-state index < -0.39 is 6.29 Å². The Labute approximate surface area is 332 Å². The Morgan fingerprint density at radius 2 is 1.43 bits per heavy atom. The van der Waals surface area contributed by atoms with Gasteiger partial charge in [-0.2, -0.15) is 0 Å². The molecule has 1 saturated heterocycles. The van der Waals surface area contributed by atoms with E-state index in [2.05, 4.69) is 54.8 Å². The quantitative estimate of drug-likeness (QED) is 0.187. The van der Waals surface area contributed by atoms with Crippen molar-refractivity contribution in [2.75, 3.05) is 48.1 Å². The molecular weight excluding hydrogens is 709 g/mol.